The van der Waals surface area contributed by atoms with E-state index in [1.165, 1.54) is 19.2 Å². The van der Waals surface area contributed by atoms with Crippen LogP contribution >= 0.6 is 11.3 Å². The molecule has 1 aromatic carbocycles. The Morgan fingerprint density at radius 2 is 1.92 bits per heavy atom. The minimum absolute atomic E-state index is 0.144. The number of carbonyl (C=O) groups excluding carboxylic acids is 2. The van der Waals surface area contributed by atoms with Crippen molar-refractivity contribution < 1.29 is 22.7 Å². The van der Waals surface area contributed by atoms with E-state index in [2.05, 4.69) is 10.1 Å². The van der Waals surface area contributed by atoms with Gasteiger partial charge in [-0.2, -0.15) is 5.26 Å². The Balaban J connectivity index is 2.11. The first kappa shape index (κ1) is 19.6. The summed E-state index contributed by atoms with van der Waals surface area (Å²) in [5, 5.41) is 12.0. The molecule has 1 heterocycles. The van der Waals surface area contributed by atoms with Crippen molar-refractivity contribution in [1.82, 2.24) is 0 Å². The molecule has 0 atom stereocenters. The predicted octanol–water partition coefficient (Wildman–Crippen LogP) is 2.52. The molecule has 0 aliphatic rings. The standard InChI is InChI=1S/C17H16N2O5S2/c1-11-13(10-18)16(25-15(11)17(21)24-2)19-14(20)8-9-26(22,23)12-6-4-3-5-7-12/h3-7H,8-9H2,1-2H3,(H,19,20). The maximum absolute atomic E-state index is 12.2. The van der Waals surface area contributed by atoms with Crippen molar-refractivity contribution in [2.75, 3.05) is 18.2 Å². The van der Waals surface area contributed by atoms with Gasteiger partial charge in [0.05, 0.1) is 23.3 Å². The Hall–Kier alpha value is -2.70. The molecule has 9 heteroatoms. The number of rotatable bonds is 6. The highest BCUT2D eigenvalue weighted by Gasteiger charge is 2.22. The van der Waals surface area contributed by atoms with Gasteiger partial charge in [-0.3, -0.25) is 4.79 Å². The summed E-state index contributed by atoms with van der Waals surface area (Å²) >= 11 is 0.923. The number of methoxy groups -OCH3 is 1. The van der Waals surface area contributed by atoms with Gasteiger partial charge in [-0.25, -0.2) is 13.2 Å². The first-order chi connectivity index (χ1) is 12.3. The molecular weight excluding hydrogens is 376 g/mol. The normalized spacial score (nSPS) is 10.8. The van der Waals surface area contributed by atoms with Gasteiger partial charge < -0.3 is 10.1 Å². The van der Waals surface area contributed by atoms with Crippen LogP contribution in [0.1, 0.15) is 27.2 Å². The van der Waals surface area contributed by atoms with Gasteiger partial charge in [0.1, 0.15) is 15.9 Å². The third-order valence-corrected chi connectivity index (χ3v) is 6.50. The van der Waals surface area contributed by atoms with Crippen molar-refractivity contribution in [3.05, 3.63) is 46.3 Å². The molecule has 0 radical (unpaired) electrons. The second-order valence-corrected chi connectivity index (χ2v) is 8.42. The number of carbonyl (C=O) groups is 2. The molecule has 0 bridgehead atoms. The van der Waals surface area contributed by atoms with Gasteiger partial charge in [0.2, 0.25) is 5.91 Å². The number of benzene rings is 1. The number of nitrogens with one attached hydrogen (secondary N) is 1. The minimum Gasteiger partial charge on any atom is -0.465 e. The lowest BCUT2D eigenvalue weighted by atomic mass is 10.2. The fourth-order valence-electron chi connectivity index (χ4n) is 2.19. The zero-order valence-corrected chi connectivity index (χ0v) is 15.7. The van der Waals surface area contributed by atoms with E-state index in [0.717, 1.165) is 11.3 Å². The van der Waals surface area contributed by atoms with Crippen LogP contribution in [0.15, 0.2) is 35.2 Å². The summed E-state index contributed by atoms with van der Waals surface area (Å²) in [6, 6.07) is 9.78. The average Bonchev–Trinajstić information content (AvgIpc) is 2.95. The van der Waals surface area contributed by atoms with E-state index in [1.807, 2.05) is 6.07 Å². The quantitative estimate of drug-likeness (QED) is 0.756. The van der Waals surface area contributed by atoms with Gasteiger partial charge >= 0.3 is 5.97 Å². The molecule has 7 nitrogen and oxygen atoms in total. The highest BCUT2D eigenvalue weighted by Crippen LogP contribution is 2.33. The summed E-state index contributed by atoms with van der Waals surface area (Å²) in [4.78, 5) is 24.2. The first-order valence-electron chi connectivity index (χ1n) is 7.49. The number of amides is 1. The fourth-order valence-corrected chi connectivity index (χ4v) is 4.54. The Labute approximate surface area is 155 Å². The van der Waals surface area contributed by atoms with Crippen LogP contribution in [0.2, 0.25) is 0 Å². The van der Waals surface area contributed by atoms with Crippen LogP contribution in [0.4, 0.5) is 5.00 Å². The smallest absolute Gasteiger partial charge is 0.348 e. The number of nitrogens with zero attached hydrogens (tertiary/aromatic N) is 1. The molecule has 1 N–H and O–H groups in total. The van der Waals surface area contributed by atoms with Crippen LogP contribution < -0.4 is 5.32 Å². The zero-order valence-electron chi connectivity index (χ0n) is 14.1. The maximum atomic E-state index is 12.2. The molecule has 0 fully saturated rings. The van der Waals surface area contributed by atoms with Crippen LogP contribution in [0.25, 0.3) is 0 Å². The van der Waals surface area contributed by atoms with Gasteiger partial charge in [-0.05, 0) is 24.6 Å². The fraction of sp³-hybridized carbons (Fsp3) is 0.235. The van der Waals surface area contributed by atoms with Crippen molar-refractivity contribution in [2.45, 2.75) is 18.2 Å². The number of esters is 1. The predicted molar refractivity (Wildman–Crippen MR) is 96.9 cm³/mol. The lowest BCUT2D eigenvalue weighted by Crippen LogP contribution is -2.17. The summed E-state index contributed by atoms with van der Waals surface area (Å²) in [6.07, 6.45) is -0.271. The highest BCUT2D eigenvalue weighted by atomic mass is 32.2. The Kier molecular flexibility index (Phi) is 6.13. The van der Waals surface area contributed by atoms with Crippen LogP contribution in [0, 0.1) is 18.3 Å². The summed E-state index contributed by atoms with van der Waals surface area (Å²) < 4.78 is 29.1. The molecule has 0 aliphatic heterocycles. The van der Waals surface area contributed by atoms with Crippen LogP contribution in [0.5, 0.6) is 0 Å². The molecular formula is C17H16N2O5S2. The molecule has 2 rings (SSSR count). The Bertz CT molecular complexity index is 973. The number of anilines is 1. The van der Waals surface area contributed by atoms with Crippen molar-refractivity contribution in [2.24, 2.45) is 0 Å². The SMILES string of the molecule is COC(=O)c1sc(NC(=O)CCS(=O)(=O)c2ccccc2)c(C#N)c1C. The Morgan fingerprint density at radius 3 is 2.50 bits per heavy atom. The van der Waals surface area contributed by atoms with E-state index in [0.29, 0.717) is 5.56 Å². The lowest BCUT2D eigenvalue weighted by Gasteiger charge is -2.05. The third-order valence-electron chi connectivity index (χ3n) is 3.58. The largest absolute Gasteiger partial charge is 0.465 e. The molecule has 0 spiro atoms. The minimum atomic E-state index is -3.58. The summed E-state index contributed by atoms with van der Waals surface area (Å²) in [6.45, 7) is 1.58. The van der Waals surface area contributed by atoms with Crippen LogP contribution in [0.3, 0.4) is 0 Å². The van der Waals surface area contributed by atoms with Crippen LogP contribution in [-0.2, 0) is 19.4 Å². The number of ether oxygens (including phenoxy) is 1. The highest BCUT2D eigenvalue weighted by molar-refractivity contribution is 7.91. The number of nitriles is 1. The molecule has 1 amide bonds. The molecule has 0 saturated carbocycles. The summed E-state index contributed by atoms with van der Waals surface area (Å²) in [7, 11) is -2.36. The van der Waals surface area contributed by atoms with Gasteiger partial charge in [0.15, 0.2) is 9.84 Å². The maximum Gasteiger partial charge on any atom is 0.348 e. The van der Waals surface area contributed by atoms with Gasteiger partial charge in [0, 0.05) is 6.42 Å². The number of hydrogen-bond donors (Lipinski definition) is 1. The van der Waals surface area contributed by atoms with E-state index >= 15 is 0 Å². The zero-order chi connectivity index (χ0) is 19.3. The van der Waals surface area contributed by atoms with Gasteiger partial charge in [-0.15, -0.1) is 11.3 Å². The van der Waals surface area contributed by atoms with E-state index in [9.17, 15) is 23.3 Å². The molecule has 1 aromatic heterocycles. The lowest BCUT2D eigenvalue weighted by molar-refractivity contribution is -0.115. The van der Waals surface area contributed by atoms with Crippen LogP contribution in [-0.4, -0.2) is 33.2 Å². The average molecular weight is 392 g/mol. The van der Waals surface area contributed by atoms with Gasteiger partial charge in [-0.1, -0.05) is 18.2 Å². The molecule has 26 heavy (non-hydrogen) atoms. The van der Waals surface area contributed by atoms with Crippen molar-refractivity contribution in [1.29, 1.82) is 5.26 Å². The Morgan fingerprint density at radius 1 is 1.27 bits per heavy atom. The van der Waals surface area contributed by atoms with Crippen molar-refractivity contribution in [3.63, 3.8) is 0 Å². The molecule has 0 unspecified atom stereocenters. The number of hydrogen-bond acceptors (Lipinski definition) is 7. The molecule has 136 valence electrons. The molecule has 0 saturated heterocycles. The van der Waals surface area contributed by atoms with E-state index < -0.39 is 21.7 Å². The summed E-state index contributed by atoms with van der Waals surface area (Å²) in [5.74, 6) is -1.52. The second kappa shape index (κ2) is 8.12. The van der Waals surface area contributed by atoms with E-state index in [4.69, 9.17) is 0 Å². The molecule has 0 aliphatic carbocycles. The second-order valence-electron chi connectivity index (χ2n) is 5.29. The number of thiophene rings is 1. The molecule has 2 aromatic rings. The first-order valence-corrected chi connectivity index (χ1v) is 9.96. The van der Waals surface area contributed by atoms with E-state index in [-0.39, 0.29) is 32.5 Å². The monoisotopic (exact) mass is 392 g/mol. The number of sulfone groups is 1. The van der Waals surface area contributed by atoms with E-state index in [1.54, 1.807) is 25.1 Å². The van der Waals surface area contributed by atoms with Crippen molar-refractivity contribution >= 4 is 38.1 Å². The topological polar surface area (TPSA) is 113 Å². The summed E-state index contributed by atoms with van der Waals surface area (Å²) in [5.41, 5.74) is 0.575. The van der Waals surface area contributed by atoms with Gasteiger partial charge in [0.25, 0.3) is 0 Å². The van der Waals surface area contributed by atoms with Crippen molar-refractivity contribution in [3.8, 4) is 6.07 Å². The third kappa shape index (κ3) is 4.28.